The fraction of sp³-hybridized carbons (Fsp3) is 0.211. The number of rotatable bonds is 2. The number of aromatic nitrogens is 1. The fourth-order valence-corrected chi connectivity index (χ4v) is 4.26. The van der Waals surface area contributed by atoms with Gasteiger partial charge in [-0.1, -0.05) is 23.7 Å². The van der Waals surface area contributed by atoms with Crippen LogP contribution in [0.4, 0.5) is 5.69 Å². The lowest BCUT2D eigenvalue weighted by Gasteiger charge is -2.36. The van der Waals surface area contributed by atoms with Crippen molar-refractivity contribution in [2.24, 2.45) is 0 Å². The Morgan fingerprint density at radius 2 is 1.73 bits per heavy atom. The van der Waals surface area contributed by atoms with Crippen molar-refractivity contribution in [3.8, 4) is 0 Å². The molecule has 134 valence electrons. The molecule has 4 rings (SSSR count). The summed E-state index contributed by atoms with van der Waals surface area (Å²) in [5, 5.41) is 1.68. The Morgan fingerprint density at radius 1 is 1.04 bits per heavy atom. The van der Waals surface area contributed by atoms with Crippen molar-refractivity contribution < 1.29 is 4.79 Å². The number of hydrogen-bond acceptors (Lipinski definition) is 2. The zero-order valence-corrected chi connectivity index (χ0v) is 17.7. The second kappa shape index (κ2) is 7.25. The Labute approximate surface area is 173 Å². The number of nitrogens with zero attached hydrogens (tertiary/aromatic N) is 2. The average Bonchev–Trinajstić information content (AvgIpc) is 3.05. The second-order valence-electron chi connectivity index (χ2n) is 6.24. The number of amides is 1. The van der Waals surface area contributed by atoms with Gasteiger partial charge in [0.1, 0.15) is 0 Å². The van der Waals surface area contributed by atoms with Gasteiger partial charge in [0.2, 0.25) is 0 Å². The van der Waals surface area contributed by atoms with E-state index in [-0.39, 0.29) is 5.91 Å². The maximum atomic E-state index is 13.0. The summed E-state index contributed by atoms with van der Waals surface area (Å²) in [6.45, 7) is 2.89. The molecule has 2 aromatic carbocycles. The van der Waals surface area contributed by atoms with Gasteiger partial charge in [-0.3, -0.25) is 4.79 Å². The van der Waals surface area contributed by atoms with Gasteiger partial charge in [-0.05, 0) is 56.1 Å². The Hall–Kier alpha value is -1.50. The van der Waals surface area contributed by atoms with E-state index in [0.29, 0.717) is 18.7 Å². The van der Waals surface area contributed by atoms with Crippen LogP contribution in [0.25, 0.3) is 10.9 Å². The number of fused-ring (bicyclic) bond motifs is 1. The molecule has 1 fully saturated rings. The molecule has 1 N–H and O–H groups in total. The van der Waals surface area contributed by atoms with Crippen LogP contribution in [0.5, 0.6) is 0 Å². The lowest BCUT2D eigenvalue weighted by molar-refractivity contribution is 0.0749. The van der Waals surface area contributed by atoms with E-state index in [9.17, 15) is 4.79 Å². The molecule has 0 unspecified atom stereocenters. The Morgan fingerprint density at radius 3 is 2.46 bits per heavy atom. The van der Waals surface area contributed by atoms with Crippen LogP contribution in [0.3, 0.4) is 0 Å². The van der Waals surface area contributed by atoms with E-state index in [1.54, 1.807) is 6.20 Å². The zero-order chi connectivity index (χ0) is 18.3. The van der Waals surface area contributed by atoms with Gasteiger partial charge in [0.15, 0.2) is 0 Å². The normalized spacial score (nSPS) is 14.9. The molecule has 1 aliphatic heterocycles. The molecular formula is C19H16Br2ClN3O. The first-order valence-corrected chi connectivity index (χ1v) is 10.3. The lowest BCUT2D eigenvalue weighted by atomic mass is 10.1. The number of carbonyl (C=O) groups excluding carboxylic acids is 1. The number of halogens is 3. The fourth-order valence-electron chi connectivity index (χ4n) is 3.32. The molecule has 4 nitrogen and oxygen atoms in total. The minimum absolute atomic E-state index is 0.0595. The number of anilines is 1. The third-order valence-electron chi connectivity index (χ3n) is 4.71. The average molecular weight is 498 g/mol. The standard InChI is InChI=1S/C19H16Br2ClN3O/c20-14-9-12-13(11-23-17(12)10-15(14)21)19(26)25-7-5-24(6-8-25)18-4-2-1-3-16(18)22/h1-4,9-11,23H,5-8H2. The molecule has 1 amide bonds. The first-order chi connectivity index (χ1) is 12.5. The van der Waals surface area contributed by atoms with Gasteiger partial charge in [-0.25, -0.2) is 0 Å². The number of benzene rings is 2. The third-order valence-corrected chi connectivity index (χ3v) is 6.88. The van der Waals surface area contributed by atoms with Crippen molar-refractivity contribution in [1.29, 1.82) is 0 Å². The van der Waals surface area contributed by atoms with Crippen LogP contribution in [-0.4, -0.2) is 42.0 Å². The molecule has 1 aliphatic rings. The molecule has 0 bridgehead atoms. The van der Waals surface area contributed by atoms with Crippen molar-refractivity contribution in [3.05, 3.63) is 62.1 Å². The number of H-pyrrole nitrogens is 1. The van der Waals surface area contributed by atoms with Gasteiger partial charge in [-0.15, -0.1) is 0 Å². The van der Waals surface area contributed by atoms with Crippen molar-refractivity contribution in [2.75, 3.05) is 31.1 Å². The maximum absolute atomic E-state index is 13.0. The van der Waals surface area contributed by atoms with Gasteiger partial charge in [0, 0.05) is 52.2 Å². The monoisotopic (exact) mass is 495 g/mol. The summed E-state index contributed by atoms with van der Waals surface area (Å²) in [6.07, 6.45) is 1.80. The summed E-state index contributed by atoms with van der Waals surface area (Å²) in [4.78, 5) is 20.3. The van der Waals surface area contributed by atoms with Crippen LogP contribution in [0.2, 0.25) is 5.02 Å². The molecule has 2 heterocycles. The van der Waals surface area contributed by atoms with Crippen LogP contribution in [0.1, 0.15) is 10.4 Å². The summed E-state index contributed by atoms with van der Waals surface area (Å²) >= 11 is 13.3. The first kappa shape index (κ1) is 17.9. The molecule has 7 heteroatoms. The smallest absolute Gasteiger partial charge is 0.256 e. The second-order valence-corrected chi connectivity index (χ2v) is 8.36. The molecular weight excluding hydrogens is 481 g/mol. The van der Waals surface area contributed by atoms with Crippen molar-refractivity contribution in [3.63, 3.8) is 0 Å². The molecule has 3 aromatic rings. The largest absolute Gasteiger partial charge is 0.367 e. The highest BCUT2D eigenvalue weighted by Gasteiger charge is 2.25. The van der Waals surface area contributed by atoms with Crippen molar-refractivity contribution >= 4 is 66.0 Å². The van der Waals surface area contributed by atoms with E-state index >= 15 is 0 Å². The van der Waals surface area contributed by atoms with Gasteiger partial charge in [0.25, 0.3) is 5.91 Å². The SMILES string of the molecule is O=C(c1c[nH]c2cc(Br)c(Br)cc12)N1CCN(c2ccccc2Cl)CC1. The van der Waals surface area contributed by atoms with Gasteiger partial charge in [-0.2, -0.15) is 0 Å². The van der Waals surface area contributed by atoms with E-state index in [1.807, 2.05) is 41.3 Å². The highest BCUT2D eigenvalue weighted by molar-refractivity contribution is 9.13. The van der Waals surface area contributed by atoms with Crippen LogP contribution in [-0.2, 0) is 0 Å². The summed E-state index contributed by atoms with van der Waals surface area (Å²) in [6, 6.07) is 11.8. The third kappa shape index (κ3) is 3.26. The predicted octanol–water partition coefficient (Wildman–Crippen LogP) is 5.31. The van der Waals surface area contributed by atoms with Crippen LogP contribution >= 0.6 is 43.5 Å². The Bertz CT molecular complexity index is 980. The Kier molecular flexibility index (Phi) is 4.99. The molecule has 0 spiro atoms. The molecule has 0 saturated carbocycles. The van der Waals surface area contributed by atoms with Crippen molar-refractivity contribution in [1.82, 2.24) is 9.88 Å². The number of aromatic amines is 1. The first-order valence-electron chi connectivity index (χ1n) is 8.29. The quantitative estimate of drug-likeness (QED) is 0.521. The summed E-state index contributed by atoms with van der Waals surface area (Å²) < 4.78 is 1.89. The van der Waals surface area contributed by atoms with Crippen LogP contribution in [0, 0.1) is 0 Å². The highest BCUT2D eigenvalue weighted by Crippen LogP contribution is 2.31. The number of carbonyl (C=O) groups is 1. The molecule has 0 aliphatic carbocycles. The summed E-state index contributed by atoms with van der Waals surface area (Å²) in [7, 11) is 0. The molecule has 0 radical (unpaired) electrons. The number of hydrogen-bond donors (Lipinski definition) is 1. The van der Waals surface area contributed by atoms with Crippen LogP contribution in [0.15, 0.2) is 51.5 Å². The van der Waals surface area contributed by atoms with Crippen LogP contribution < -0.4 is 4.90 Å². The summed E-state index contributed by atoms with van der Waals surface area (Å²) in [5.41, 5.74) is 2.68. The number of para-hydroxylation sites is 1. The molecule has 1 aromatic heterocycles. The zero-order valence-electron chi connectivity index (χ0n) is 13.8. The molecule has 0 atom stereocenters. The number of piperazine rings is 1. The van der Waals surface area contributed by atoms with Gasteiger partial charge in [0.05, 0.1) is 16.3 Å². The molecule has 1 saturated heterocycles. The van der Waals surface area contributed by atoms with E-state index in [0.717, 1.165) is 43.6 Å². The predicted molar refractivity (Wildman–Crippen MR) is 113 cm³/mol. The highest BCUT2D eigenvalue weighted by atomic mass is 79.9. The van der Waals surface area contributed by atoms with E-state index in [4.69, 9.17) is 11.6 Å². The minimum atomic E-state index is 0.0595. The molecule has 26 heavy (non-hydrogen) atoms. The van der Waals surface area contributed by atoms with E-state index < -0.39 is 0 Å². The topological polar surface area (TPSA) is 39.3 Å². The van der Waals surface area contributed by atoms with E-state index in [2.05, 4.69) is 41.7 Å². The summed E-state index contributed by atoms with van der Waals surface area (Å²) in [5.74, 6) is 0.0595. The number of nitrogens with one attached hydrogen (secondary N) is 1. The Balaban J connectivity index is 1.52. The van der Waals surface area contributed by atoms with Gasteiger partial charge >= 0.3 is 0 Å². The minimum Gasteiger partial charge on any atom is -0.367 e. The lowest BCUT2D eigenvalue weighted by Crippen LogP contribution is -2.48. The van der Waals surface area contributed by atoms with Crippen molar-refractivity contribution in [2.45, 2.75) is 0 Å². The van der Waals surface area contributed by atoms with Gasteiger partial charge < -0.3 is 14.8 Å². The maximum Gasteiger partial charge on any atom is 0.256 e. The van der Waals surface area contributed by atoms with E-state index in [1.165, 1.54) is 0 Å².